The lowest BCUT2D eigenvalue weighted by Gasteiger charge is -2.25. The van der Waals surface area contributed by atoms with Crippen LogP contribution in [0.5, 0.6) is 5.75 Å². The Morgan fingerprint density at radius 2 is 1.74 bits per heavy atom. The van der Waals surface area contributed by atoms with Gasteiger partial charge in [-0.05, 0) is 61.5 Å². The van der Waals surface area contributed by atoms with Gasteiger partial charge in [0.1, 0.15) is 5.75 Å². The largest absolute Gasteiger partial charge is 0.496 e. The van der Waals surface area contributed by atoms with Crippen LogP contribution in [0, 0.1) is 0 Å². The van der Waals surface area contributed by atoms with Crippen LogP contribution in [-0.2, 0) is 14.8 Å². The minimum Gasteiger partial charge on any atom is -0.496 e. The molecule has 1 saturated heterocycles. The zero-order valence-corrected chi connectivity index (χ0v) is 18.8. The maximum atomic E-state index is 12.7. The van der Waals surface area contributed by atoms with Crippen LogP contribution in [-0.4, -0.2) is 43.9 Å². The third-order valence-electron chi connectivity index (χ3n) is 4.85. The second-order valence-corrected chi connectivity index (χ2v) is 9.35. The number of anilines is 1. The van der Waals surface area contributed by atoms with Gasteiger partial charge in [-0.15, -0.1) is 0 Å². The topological polar surface area (TPSA) is 87.7 Å². The summed E-state index contributed by atoms with van der Waals surface area (Å²) in [6.45, 7) is 1.11. The number of rotatable bonds is 6. The first-order valence-corrected chi connectivity index (χ1v) is 11.8. The molecule has 0 unspecified atom stereocenters. The monoisotopic (exact) mass is 459 g/mol. The van der Waals surface area contributed by atoms with E-state index in [4.69, 9.17) is 17.0 Å². The molecule has 1 amide bonds. The Morgan fingerprint density at radius 1 is 1.06 bits per heavy atom. The zero-order valence-electron chi connectivity index (χ0n) is 17.2. The number of piperidine rings is 1. The number of amides is 1. The number of ether oxygens (including phenoxy) is 1. The van der Waals surface area contributed by atoms with E-state index in [9.17, 15) is 13.2 Å². The third kappa shape index (κ3) is 6.13. The summed E-state index contributed by atoms with van der Waals surface area (Å²) in [4.78, 5) is 12.4. The van der Waals surface area contributed by atoms with Crippen molar-refractivity contribution in [2.24, 2.45) is 0 Å². The highest BCUT2D eigenvalue weighted by Gasteiger charge is 2.25. The average Bonchev–Trinajstić information content (AvgIpc) is 2.78. The van der Waals surface area contributed by atoms with Gasteiger partial charge in [-0.1, -0.05) is 24.6 Å². The molecule has 7 nitrogen and oxygen atoms in total. The van der Waals surface area contributed by atoms with Crippen LogP contribution in [0.4, 0.5) is 5.69 Å². The fourth-order valence-corrected chi connectivity index (χ4v) is 4.99. The quantitative estimate of drug-likeness (QED) is 0.509. The molecule has 0 aromatic heterocycles. The number of carbonyl (C=O) groups is 1. The van der Waals surface area contributed by atoms with E-state index < -0.39 is 15.9 Å². The predicted octanol–water partition coefficient (Wildman–Crippen LogP) is 3.40. The SMILES string of the molecule is COc1ccccc1/C=C/C(=O)NC(=S)Nc1ccc(S(=O)(=O)N2CCCCC2)cc1. The van der Waals surface area contributed by atoms with Gasteiger partial charge in [0.15, 0.2) is 5.11 Å². The molecule has 0 radical (unpaired) electrons. The van der Waals surface area contributed by atoms with E-state index in [-0.39, 0.29) is 10.0 Å². The highest BCUT2D eigenvalue weighted by atomic mass is 32.2. The van der Waals surface area contributed by atoms with E-state index in [1.807, 2.05) is 18.2 Å². The van der Waals surface area contributed by atoms with Crippen molar-refractivity contribution in [2.45, 2.75) is 24.2 Å². The summed E-state index contributed by atoms with van der Waals surface area (Å²) in [6.07, 6.45) is 5.83. The Kier molecular flexibility index (Phi) is 7.78. The summed E-state index contributed by atoms with van der Waals surface area (Å²) >= 11 is 5.17. The first kappa shape index (κ1) is 22.9. The van der Waals surface area contributed by atoms with Gasteiger partial charge in [0.25, 0.3) is 0 Å². The molecule has 31 heavy (non-hydrogen) atoms. The molecule has 1 aliphatic heterocycles. The van der Waals surface area contributed by atoms with Crippen LogP contribution in [0.3, 0.4) is 0 Å². The standard InChI is InChI=1S/C22H25N3O4S2/c1-29-20-8-4-3-7-17(20)9-14-21(26)24-22(30)23-18-10-12-19(13-11-18)31(27,28)25-15-5-2-6-16-25/h3-4,7-14H,2,5-6,15-16H2,1H3,(H2,23,24,26,30)/b14-9+. The average molecular weight is 460 g/mol. The zero-order chi connectivity index (χ0) is 22.3. The van der Waals surface area contributed by atoms with Gasteiger partial charge in [-0.25, -0.2) is 8.42 Å². The number of thiocarbonyl (C=S) groups is 1. The van der Waals surface area contributed by atoms with E-state index in [0.29, 0.717) is 24.5 Å². The van der Waals surface area contributed by atoms with Crippen LogP contribution >= 0.6 is 12.2 Å². The van der Waals surface area contributed by atoms with Crippen LogP contribution < -0.4 is 15.4 Å². The molecule has 1 heterocycles. The number of hydrogen-bond acceptors (Lipinski definition) is 5. The second-order valence-electron chi connectivity index (χ2n) is 7.01. The fourth-order valence-electron chi connectivity index (χ4n) is 3.25. The smallest absolute Gasteiger partial charge is 0.250 e. The van der Waals surface area contributed by atoms with Gasteiger partial charge < -0.3 is 10.1 Å². The van der Waals surface area contributed by atoms with Crippen molar-refractivity contribution in [1.82, 2.24) is 9.62 Å². The molecular formula is C22H25N3O4S2. The van der Waals surface area contributed by atoms with Gasteiger partial charge in [0, 0.05) is 30.4 Å². The van der Waals surface area contributed by atoms with E-state index in [1.165, 1.54) is 22.5 Å². The highest BCUT2D eigenvalue weighted by molar-refractivity contribution is 7.89. The Morgan fingerprint density at radius 3 is 2.42 bits per heavy atom. The Labute approximate surface area is 188 Å². The van der Waals surface area contributed by atoms with Gasteiger partial charge in [0.2, 0.25) is 15.9 Å². The van der Waals surface area contributed by atoms with E-state index >= 15 is 0 Å². The highest BCUT2D eigenvalue weighted by Crippen LogP contribution is 2.22. The lowest BCUT2D eigenvalue weighted by molar-refractivity contribution is -0.115. The van der Waals surface area contributed by atoms with Crippen LogP contribution in [0.15, 0.2) is 59.5 Å². The summed E-state index contributed by atoms with van der Waals surface area (Å²) in [5.74, 6) is 0.263. The van der Waals surface area contributed by atoms with Crippen molar-refractivity contribution in [2.75, 3.05) is 25.5 Å². The molecule has 3 rings (SSSR count). The number of nitrogens with one attached hydrogen (secondary N) is 2. The van der Waals surface area contributed by atoms with Crippen LogP contribution in [0.1, 0.15) is 24.8 Å². The molecule has 2 aromatic carbocycles. The number of hydrogen-bond donors (Lipinski definition) is 2. The van der Waals surface area contributed by atoms with Gasteiger partial charge in [0.05, 0.1) is 12.0 Å². The molecule has 164 valence electrons. The number of carbonyl (C=O) groups excluding carboxylic acids is 1. The summed E-state index contributed by atoms with van der Waals surface area (Å²) in [5.41, 5.74) is 1.35. The Bertz CT molecular complexity index is 1060. The summed E-state index contributed by atoms with van der Waals surface area (Å²) < 4.78 is 32.2. The number of methoxy groups -OCH3 is 1. The predicted molar refractivity (Wildman–Crippen MR) is 125 cm³/mol. The summed E-state index contributed by atoms with van der Waals surface area (Å²) in [5, 5.41) is 5.56. The Balaban J connectivity index is 1.57. The van der Waals surface area contributed by atoms with E-state index in [2.05, 4.69) is 10.6 Å². The van der Waals surface area contributed by atoms with Crippen molar-refractivity contribution >= 4 is 45.0 Å². The maximum Gasteiger partial charge on any atom is 0.250 e. The molecular weight excluding hydrogens is 434 g/mol. The molecule has 0 saturated carbocycles. The number of benzene rings is 2. The third-order valence-corrected chi connectivity index (χ3v) is 6.97. The van der Waals surface area contributed by atoms with Crippen LogP contribution in [0.25, 0.3) is 6.08 Å². The van der Waals surface area contributed by atoms with Crippen molar-refractivity contribution in [3.8, 4) is 5.75 Å². The number of para-hydroxylation sites is 1. The molecule has 1 aliphatic rings. The lowest BCUT2D eigenvalue weighted by atomic mass is 10.2. The molecule has 0 aliphatic carbocycles. The molecule has 1 fully saturated rings. The van der Waals surface area contributed by atoms with E-state index in [1.54, 1.807) is 31.4 Å². The molecule has 0 spiro atoms. The normalized spacial score (nSPS) is 14.9. The summed E-state index contributed by atoms with van der Waals surface area (Å²) in [6, 6.07) is 13.7. The minimum atomic E-state index is -3.48. The first-order chi connectivity index (χ1) is 14.9. The van der Waals surface area contributed by atoms with Crippen molar-refractivity contribution < 1.29 is 17.9 Å². The maximum absolute atomic E-state index is 12.7. The fraction of sp³-hybridized carbons (Fsp3) is 0.273. The van der Waals surface area contributed by atoms with Crippen LogP contribution in [0.2, 0.25) is 0 Å². The summed E-state index contributed by atoms with van der Waals surface area (Å²) in [7, 11) is -1.92. The number of nitrogens with zero attached hydrogens (tertiary/aromatic N) is 1. The molecule has 0 bridgehead atoms. The molecule has 9 heteroatoms. The van der Waals surface area contributed by atoms with Crippen molar-refractivity contribution in [1.29, 1.82) is 0 Å². The Hall–Kier alpha value is -2.75. The van der Waals surface area contributed by atoms with Crippen molar-refractivity contribution in [3.05, 3.63) is 60.2 Å². The number of sulfonamides is 1. The van der Waals surface area contributed by atoms with Gasteiger partial charge in [-0.2, -0.15) is 4.31 Å². The van der Waals surface area contributed by atoms with Gasteiger partial charge >= 0.3 is 0 Å². The molecule has 2 aromatic rings. The molecule has 0 atom stereocenters. The molecule has 2 N–H and O–H groups in total. The van der Waals surface area contributed by atoms with E-state index in [0.717, 1.165) is 24.8 Å². The van der Waals surface area contributed by atoms with Crippen molar-refractivity contribution in [3.63, 3.8) is 0 Å². The van der Waals surface area contributed by atoms with Gasteiger partial charge in [-0.3, -0.25) is 10.1 Å². The first-order valence-electron chi connectivity index (χ1n) is 9.93. The second kappa shape index (κ2) is 10.5. The minimum absolute atomic E-state index is 0.112. The lowest BCUT2D eigenvalue weighted by Crippen LogP contribution is -2.35.